The Labute approximate surface area is 190 Å². The van der Waals surface area contributed by atoms with Gasteiger partial charge in [-0.2, -0.15) is 0 Å². The molecular weight excluding hydrogens is 408 g/mol. The van der Waals surface area contributed by atoms with Crippen LogP contribution in [0.1, 0.15) is 51.0 Å². The van der Waals surface area contributed by atoms with E-state index in [2.05, 4.69) is 11.8 Å². The number of likely N-dealkylation sites (tertiary alicyclic amines) is 1. The summed E-state index contributed by atoms with van der Waals surface area (Å²) in [6.45, 7) is 4.12. The molecule has 32 heavy (non-hydrogen) atoms. The first-order valence-electron chi connectivity index (χ1n) is 11.7. The Morgan fingerprint density at radius 3 is 2.72 bits per heavy atom. The van der Waals surface area contributed by atoms with Gasteiger partial charge in [0, 0.05) is 38.1 Å². The molecule has 4 rings (SSSR count). The molecule has 3 fully saturated rings. The Morgan fingerprint density at radius 1 is 1.19 bits per heavy atom. The average Bonchev–Trinajstić information content (AvgIpc) is 3.11. The number of Topliss-reactive ketones (excluding diaryl/α,β-unsaturated/α-hetero) is 1. The molecule has 1 aromatic carbocycles. The molecule has 1 amide bonds. The maximum Gasteiger partial charge on any atom is 0.321 e. The topological polar surface area (TPSA) is 76.2 Å². The summed E-state index contributed by atoms with van der Waals surface area (Å²) in [6, 6.07) is 7.60. The van der Waals surface area contributed by atoms with Crippen LogP contribution in [0.15, 0.2) is 24.3 Å². The van der Waals surface area contributed by atoms with Crippen LogP contribution in [0.2, 0.25) is 0 Å². The van der Waals surface area contributed by atoms with E-state index in [1.165, 1.54) is 7.11 Å². The van der Waals surface area contributed by atoms with Gasteiger partial charge in [-0.1, -0.05) is 19.1 Å². The van der Waals surface area contributed by atoms with E-state index >= 15 is 0 Å². The third kappa shape index (κ3) is 4.03. The number of hydrogen-bond acceptors (Lipinski definition) is 6. The summed E-state index contributed by atoms with van der Waals surface area (Å²) >= 11 is 0. The summed E-state index contributed by atoms with van der Waals surface area (Å²) in [7, 11) is 2.95. The summed E-state index contributed by atoms with van der Waals surface area (Å²) in [5, 5.41) is 0. The second kappa shape index (κ2) is 9.22. The van der Waals surface area contributed by atoms with Crippen LogP contribution in [0.25, 0.3) is 0 Å². The molecule has 0 unspecified atom stereocenters. The Balaban J connectivity index is 1.63. The first-order valence-corrected chi connectivity index (χ1v) is 11.7. The Bertz CT molecular complexity index is 887. The maximum atomic E-state index is 13.4. The van der Waals surface area contributed by atoms with Gasteiger partial charge in [0.15, 0.2) is 11.2 Å². The van der Waals surface area contributed by atoms with Crippen LogP contribution in [-0.4, -0.2) is 66.9 Å². The number of ketones is 1. The number of rotatable bonds is 6. The van der Waals surface area contributed by atoms with Gasteiger partial charge in [0.1, 0.15) is 5.75 Å². The van der Waals surface area contributed by atoms with Crippen LogP contribution >= 0.6 is 0 Å². The van der Waals surface area contributed by atoms with Crippen LogP contribution in [-0.2, 0) is 25.7 Å². The van der Waals surface area contributed by atoms with E-state index < -0.39 is 11.4 Å². The molecule has 0 aromatic heterocycles. The van der Waals surface area contributed by atoms with Crippen LogP contribution in [0.3, 0.4) is 0 Å². The smallest absolute Gasteiger partial charge is 0.321 e. The molecule has 3 aliphatic rings. The van der Waals surface area contributed by atoms with Gasteiger partial charge in [0.25, 0.3) is 0 Å². The fourth-order valence-corrected chi connectivity index (χ4v) is 5.97. The van der Waals surface area contributed by atoms with Gasteiger partial charge in [-0.15, -0.1) is 0 Å². The molecule has 3 saturated heterocycles. The lowest BCUT2D eigenvalue weighted by molar-refractivity contribution is -0.171. The molecule has 2 bridgehead atoms. The molecule has 0 N–H and O–H groups in total. The fraction of sp³-hybridized carbons (Fsp3) is 0.640. The van der Waals surface area contributed by atoms with E-state index in [-0.39, 0.29) is 36.6 Å². The summed E-state index contributed by atoms with van der Waals surface area (Å²) in [4.78, 5) is 44.1. The highest BCUT2D eigenvalue weighted by atomic mass is 16.5. The molecule has 0 saturated carbocycles. The minimum Gasteiger partial charge on any atom is -0.497 e. The predicted octanol–water partition coefficient (Wildman–Crippen LogP) is 2.81. The number of fused-ring (bicyclic) bond motifs is 2. The van der Waals surface area contributed by atoms with Gasteiger partial charge < -0.3 is 14.4 Å². The molecule has 0 spiro atoms. The maximum absolute atomic E-state index is 13.4. The van der Waals surface area contributed by atoms with Gasteiger partial charge >= 0.3 is 5.97 Å². The number of carbonyl (C=O) groups excluding carboxylic acids is 3. The number of methoxy groups -OCH3 is 2. The van der Waals surface area contributed by atoms with Crippen molar-refractivity contribution in [3.8, 4) is 5.75 Å². The second-order valence-electron chi connectivity index (χ2n) is 9.62. The summed E-state index contributed by atoms with van der Waals surface area (Å²) in [5.74, 6) is 0.391. The number of nitrogens with zero attached hydrogens (tertiary/aromatic N) is 2. The minimum absolute atomic E-state index is 0.0848. The molecule has 174 valence electrons. The van der Waals surface area contributed by atoms with Crippen molar-refractivity contribution < 1.29 is 23.9 Å². The summed E-state index contributed by atoms with van der Waals surface area (Å²) in [6.07, 6.45) is 3.78. The molecule has 3 aliphatic heterocycles. The molecule has 0 radical (unpaired) electrons. The van der Waals surface area contributed by atoms with Crippen molar-refractivity contribution in [3.05, 3.63) is 29.8 Å². The van der Waals surface area contributed by atoms with E-state index in [1.807, 2.05) is 29.2 Å². The van der Waals surface area contributed by atoms with Gasteiger partial charge in [-0.25, -0.2) is 0 Å². The number of amides is 1. The lowest BCUT2D eigenvalue weighted by Gasteiger charge is -2.46. The molecule has 1 aromatic rings. The Hall–Kier alpha value is -2.41. The molecule has 7 heteroatoms. The first kappa shape index (κ1) is 22.8. The molecule has 0 aliphatic carbocycles. The van der Waals surface area contributed by atoms with Crippen LogP contribution in [0, 0.1) is 11.3 Å². The van der Waals surface area contributed by atoms with Gasteiger partial charge in [-0.3, -0.25) is 19.3 Å². The number of esters is 1. The predicted molar refractivity (Wildman–Crippen MR) is 119 cm³/mol. The zero-order chi connectivity index (χ0) is 22.9. The lowest BCUT2D eigenvalue weighted by Crippen LogP contribution is -2.61. The number of piperidine rings is 2. The Morgan fingerprint density at radius 2 is 2.00 bits per heavy atom. The lowest BCUT2D eigenvalue weighted by atomic mass is 9.69. The second-order valence-corrected chi connectivity index (χ2v) is 9.62. The van der Waals surface area contributed by atoms with Gasteiger partial charge in [0.05, 0.1) is 20.6 Å². The van der Waals surface area contributed by atoms with Crippen molar-refractivity contribution in [1.29, 1.82) is 0 Å². The van der Waals surface area contributed by atoms with E-state index in [0.717, 1.165) is 30.6 Å². The number of ether oxygens (including phenoxy) is 2. The quantitative estimate of drug-likeness (QED) is 0.498. The van der Waals surface area contributed by atoms with E-state index in [9.17, 15) is 14.4 Å². The largest absolute Gasteiger partial charge is 0.497 e. The highest BCUT2D eigenvalue weighted by molar-refractivity contribution is 6.08. The van der Waals surface area contributed by atoms with E-state index in [1.54, 1.807) is 7.11 Å². The van der Waals surface area contributed by atoms with Crippen LogP contribution < -0.4 is 4.74 Å². The minimum atomic E-state index is -1.43. The fourth-order valence-electron chi connectivity index (χ4n) is 5.97. The SMILES string of the molecule is COC(=O)[C@]1(CC(=O)N2CCC[C@H](C)C2)C(=O)C[C@H]2CC[C@@H]1N2Cc1cccc(OC)c1. The number of carbonyl (C=O) groups is 3. The zero-order valence-electron chi connectivity index (χ0n) is 19.3. The van der Waals surface area contributed by atoms with Crippen molar-refractivity contribution in [1.82, 2.24) is 9.80 Å². The van der Waals surface area contributed by atoms with Gasteiger partial charge in [0.2, 0.25) is 5.91 Å². The highest BCUT2D eigenvalue weighted by Crippen LogP contribution is 2.48. The first-order chi connectivity index (χ1) is 15.4. The molecule has 3 heterocycles. The zero-order valence-corrected chi connectivity index (χ0v) is 19.3. The number of benzene rings is 1. The molecule has 4 atom stereocenters. The summed E-state index contributed by atoms with van der Waals surface area (Å²) in [5.41, 5.74) is -0.371. The average molecular weight is 443 g/mol. The number of hydrogen-bond donors (Lipinski definition) is 0. The van der Waals surface area contributed by atoms with E-state index in [4.69, 9.17) is 9.47 Å². The molecular formula is C25H34N2O5. The van der Waals surface area contributed by atoms with Crippen LogP contribution in [0.4, 0.5) is 0 Å². The van der Waals surface area contributed by atoms with Crippen molar-refractivity contribution in [2.24, 2.45) is 11.3 Å². The third-order valence-corrected chi connectivity index (χ3v) is 7.62. The highest BCUT2D eigenvalue weighted by Gasteiger charge is 2.62. The molecule has 7 nitrogen and oxygen atoms in total. The normalized spacial score (nSPS) is 30.3. The van der Waals surface area contributed by atoms with Crippen molar-refractivity contribution in [2.75, 3.05) is 27.3 Å². The Kier molecular flexibility index (Phi) is 6.56. The monoisotopic (exact) mass is 442 g/mol. The van der Waals surface area contributed by atoms with Gasteiger partial charge in [-0.05, 0) is 49.3 Å². The van der Waals surface area contributed by atoms with Crippen molar-refractivity contribution >= 4 is 17.7 Å². The van der Waals surface area contributed by atoms with E-state index in [0.29, 0.717) is 32.0 Å². The standard InChI is InChI=1S/C25H34N2O5/c1-17-6-5-11-26(15-17)23(29)14-25(24(30)32-3)21-10-9-19(13-22(25)28)27(21)16-18-7-4-8-20(12-18)31-2/h4,7-8,12,17,19,21H,5-6,9-11,13-16H2,1-3H3/t17-,19+,21-,25-/m0/s1. The van der Waals surface area contributed by atoms with Crippen molar-refractivity contribution in [2.45, 2.75) is 64.1 Å². The van der Waals surface area contributed by atoms with Crippen LogP contribution in [0.5, 0.6) is 5.75 Å². The van der Waals surface area contributed by atoms with Crippen molar-refractivity contribution in [3.63, 3.8) is 0 Å². The summed E-state index contributed by atoms with van der Waals surface area (Å²) < 4.78 is 10.5. The third-order valence-electron chi connectivity index (χ3n) is 7.62.